The molecule has 0 saturated carbocycles. The lowest BCUT2D eigenvalue weighted by atomic mass is 9.90. The Morgan fingerprint density at radius 1 is 1.33 bits per heavy atom. The highest BCUT2D eigenvalue weighted by atomic mass is 19.4. The van der Waals surface area contributed by atoms with Gasteiger partial charge in [0, 0.05) is 19.5 Å². The molecule has 1 saturated heterocycles. The molecule has 1 aliphatic rings. The first-order chi connectivity index (χ1) is 9.95. The van der Waals surface area contributed by atoms with Crippen LogP contribution in [0.4, 0.5) is 13.2 Å². The minimum absolute atomic E-state index is 0.132. The number of nitrogens with one attached hydrogen (secondary N) is 1. The average molecular weight is 297 g/mol. The van der Waals surface area contributed by atoms with Crippen molar-refractivity contribution in [2.24, 2.45) is 13.0 Å². The second-order valence-corrected chi connectivity index (χ2v) is 5.69. The lowest BCUT2D eigenvalue weighted by Gasteiger charge is -2.31. The maximum absolute atomic E-state index is 12.9. The summed E-state index contributed by atoms with van der Waals surface area (Å²) in [6.45, 7) is 0.415. The number of halogens is 3. The van der Waals surface area contributed by atoms with E-state index in [1.54, 1.807) is 0 Å². The molecule has 0 aliphatic carbocycles. The van der Waals surface area contributed by atoms with Crippen LogP contribution >= 0.6 is 0 Å². The molecule has 1 aromatic heterocycles. The Bertz CT molecular complexity index is 633. The molecule has 0 spiro atoms. The van der Waals surface area contributed by atoms with Crippen LogP contribution in [-0.4, -0.2) is 28.3 Å². The monoisotopic (exact) mass is 297 g/mol. The highest BCUT2D eigenvalue weighted by Gasteiger charge is 2.42. The summed E-state index contributed by atoms with van der Waals surface area (Å²) in [6, 6.07) is 7.58. The molecule has 3 rings (SSSR count). The maximum atomic E-state index is 12.9. The van der Waals surface area contributed by atoms with Crippen molar-refractivity contribution in [2.75, 3.05) is 6.54 Å². The van der Waals surface area contributed by atoms with Gasteiger partial charge in [-0.15, -0.1) is 0 Å². The van der Waals surface area contributed by atoms with Gasteiger partial charge in [-0.3, -0.25) is 0 Å². The van der Waals surface area contributed by atoms with E-state index in [2.05, 4.69) is 10.3 Å². The van der Waals surface area contributed by atoms with Crippen molar-refractivity contribution < 1.29 is 13.2 Å². The van der Waals surface area contributed by atoms with Gasteiger partial charge < -0.3 is 9.88 Å². The van der Waals surface area contributed by atoms with E-state index >= 15 is 0 Å². The molecule has 2 unspecified atom stereocenters. The number of imidazole rings is 1. The zero-order valence-electron chi connectivity index (χ0n) is 11.8. The van der Waals surface area contributed by atoms with Gasteiger partial charge in [0.05, 0.1) is 17.0 Å². The third-order valence-corrected chi connectivity index (χ3v) is 4.27. The van der Waals surface area contributed by atoms with Crippen LogP contribution in [0.1, 0.15) is 18.7 Å². The highest BCUT2D eigenvalue weighted by molar-refractivity contribution is 5.75. The van der Waals surface area contributed by atoms with Crippen LogP contribution in [0.5, 0.6) is 0 Å². The normalized spacial score (nSPS) is 23.6. The van der Waals surface area contributed by atoms with E-state index in [4.69, 9.17) is 0 Å². The van der Waals surface area contributed by atoms with Gasteiger partial charge in [-0.1, -0.05) is 12.1 Å². The van der Waals surface area contributed by atoms with E-state index in [1.165, 1.54) is 0 Å². The van der Waals surface area contributed by atoms with E-state index in [0.29, 0.717) is 13.0 Å². The molecule has 1 aliphatic heterocycles. The molecule has 1 fully saturated rings. The zero-order chi connectivity index (χ0) is 15.0. The minimum atomic E-state index is -4.09. The molecule has 0 bridgehead atoms. The second-order valence-electron chi connectivity index (χ2n) is 5.69. The zero-order valence-corrected chi connectivity index (χ0v) is 11.8. The molecular weight excluding hydrogens is 279 g/mol. The summed E-state index contributed by atoms with van der Waals surface area (Å²) in [5.74, 6) is -0.366. The van der Waals surface area contributed by atoms with Crippen molar-refractivity contribution in [3.8, 4) is 0 Å². The van der Waals surface area contributed by atoms with Crippen LogP contribution in [-0.2, 0) is 13.5 Å². The number of piperidine rings is 1. The summed E-state index contributed by atoms with van der Waals surface area (Å²) in [6.07, 6.45) is -3.26. The maximum Gasteiger partial charge on any atom is 0.391 e. The summed E-state index contributed by atoms with van der Waals surface area (Å²) in [7, 11) is 1.91. The Balaban J connectivity index is 1.77. The molecule has 0 radical (unpaired) electrons. The molecular formula is C15H18F3N3. The number of fused-ring (bicyclic) bond motifs is 1. The first-order valence-electron chi connectivity index (χ1n) is 7.15. The molecule has 21 heavy (non-hydrogen) atoms. The summed E-state index contributed by atoms with van der Waals surface area (Å²) >= 11 is 0. The van der Waals surface area contributed by atoms with Gasteiger partial charge in [-0.2, -0.15) is 13.2 Å². The molecule has 2 heterocycles. The van der Waals surface area contributed by atoms with E-state index in [9.17, 15) is 13.2 Å². The molecule has 1 aromatic carbocycles. The van der Waals surface area contributed by atoms with E-state index in [-0.39, 0.29) is 18.9 Å². The van der Waals surface area contributed by atoms with Crippen LogP contribution < -0.4 is 5.32 Å². The Labute approximate surface area is 121 Å². The standard InChI is InChI=1S/C15H18F3N3/c1-21-13-5-3-2-4-12(13)20-14(21)9-11-8-10(6-7-19-11)15(16,17)18/h2-5,10-11,19H,6-9H2,1H3. The van der Waals surface area contributed by atoms with Crippen LogP contribution in [0.3, 0.4) is 0 Å². The summed E-state index contributed by atoms with van der Waals surface area (Å²) in [5.41, 5.74) is 1.90. The Hall–Kier alpha value is -1.56. The average Bonchev–Trinajstić information content (AvgIpc) is 2.75. The second kappa shape index (κ2) is 5.33. The number of benzene rings is 1. The van der Waals surface area contributed by atoms with E-state index < -0.39 is 12.1 Å². The molecule has 114 valence electrons. The third kappa shape index (κ3) is 2.90. The smallest absolute Gasteiger partial charge is 0.331 e. The lowest BCUT2D eigenvalue weighted by molar-refractivity contribution is -0.183. The van der Waals surface area contributed by atoms with Gasteiger partial charge in [0.15, 0.2) is 0 Å². The van der Waals surface area contributed by atoms with Gasteiger partial charge in [-0.05, 0) is 31.5 Å². The van der Waals surface area contributed by atoms with Crippen LogP contribution in [0, 0.1) is 5.92 Å². The van der Waals surface area contributed by atoms with Crippen LogP contribution in [0.25, 0.3) is 11.0 Å². The molecule has 3 nitrogen and oxygen atoms in total. The Morgan fingerprint density at radius 2 is 2.10 bits per heavy atom. The number of hydrogen-bond donors (Lipinski definition) is 1. The largest absolute Gasteiger partial charge is 0.391 e. The number of aromatic nitrogens is 2. The number of nitrogens with zero attached hydrogens (tertiary/aromatic N) is 2. The Kier molecular flexibility index (Phi) is 3.65. The van der Waals surface area contributed by atoms with Crippen LogP contribution in [0.15, 0.2) is 24.3 Å². The summed E-state index contributed by atoms with van der Waals surface area (Å²) < 4.78 is 40.5. The number of para-hydroxylation sites is 2. The molecule has 2 atom stereocenters. The number of aryl methyl sites for hydroxylation is 1. The van der Waals surface area contributed by atoms with Crippen molar-refractivity contribution in [2.45, 2.75) is 31.5 Å². The predicted molar refractivity (Wildman–Crippen MR) is 75.0 cm³/mol. The van der Waals surface area contributed by atoms with Gasteiger partial charge in [0.25, 0.3) is 0 Å². The first-order valence-corrected chi connectivity index (χ1v) is 7.15. The van der Waals surface area contributed by atoms with E-state index in [1.807, 2.05) is 35.9 Å². The SMILES string of the molecule is Cn1c(CC2CC(C(F)(F)F)CCN2)nc2ccccc21. The highest BCUT2D eigenvalue weighted by Crippen LogP contribution is 2.34. The predicted octanol–water partition coefficient (Wildman–Crippen LogP) is 3.05. The quantitative estimate of drug-likeness (QED) is 0.923. The van der Waals surface area contributed by atoms with Crippen molar-refractivity contribution >= 4 is 11.0 Å². The van der Waals surface area contributed by atoms with E-state index in [0.717, 1.165) is 16.9 Å². The van der Waals surface area contributed by atoms with Gasteiger partial charge in [-0.25, -0.2) is 4.98 Å². The third-order valence-electron chi connectivity index (χ3n) is 4.27. The first kappa shape index (κ1) is 14.4. The van der Waals surface area contributed by atoms with Crippen molar-refractivity contribution in [3.05, 3.63) is 30.1 Å². The minimum Gasteiger partial charge on any atom is -0.331 e. The molecule has 2 aromatic rings. The lowest BCUT2D eigenvalue weighted by Crippen LogP contribution is -2.44. The van der Waals surface area contributed by atoms with Crippen molar-refractivity contribution in [3.63, 3.8) is 0 Å². The number of hydrogen-bond acceptors (Lipinski definition) is 2. The topological polar surface area (TPSA) is 29.9 Å². The Morgan fingerprint density at radius 3 is 2.81 bits per heavy atom. The molecule has 1 N–H and O–H groups in total. The fourth-order valence-corrected chi connectivity index (χ4v) is 3.06. The fraction of sp³-hybridized carbons (Fsp3) is 0.533. The van der Waals surface area contributed by atoms with Gasteiger partial charge in [0.1, 0.15) is 5.82 Å². The number of rotatable bonds is 2. The molecule has 6 heteroatoms. The van der Waals surface area contributed by atoms with Gasteiger partial charge in [0.2, 0.25) is 0 Å². The summed E-state index contributed by atoms with van der Waals surface area (Å²) in [5, 5.41) is 3.19. The number of alkyl halides is 3. The van der Waals surface area contributed by atoms with Gasteiger partial charge >= 0.3 is 6.18 Å². The van der Waals surface area contributed by atoms with Crippen LogP contribution in [0.2, 0.25) is 0 Å². The fourth-order valence-electron chi connectivity index (χ4n) is 3.06. The summed E-state index contributed by atoms with van der Waals surface area (Å²) in [4.78, 5) is 4.54. The molecule has 0 amide bonds. The van der Waals surface area contributed by atoms with Crippen molar-refractivity contribution in [1.29, 1.82) is 0 Å². The van der Waals surface area contributed by atoms with Crippen molar-refractivity contribution in [1.82, 2.24) is 14.9 Å².